The summed E-state index contributed by atoms with van der Waals surface area (Å²) in [6, 6.07) is 4.66. The van der Waals surface area contributed by atoms with Crippen molar-refractivity contribution in [2.75, 3.05) is 33.2 Å². The second kappa shape index (κ2) is 13.9. The van der Waals surface area contributed by atoms with Crippen molar-refractivity contribution in [2.24, 2.45) is 11.8 Å². The SMILES string of the molecule is C/C(=C\c1cc(F)cc(-n2ccnc2)c1)[C@H]1OC(=O)C[C@H](O)CC[C@H](C)[C@@H](OC(=O)N2CCN(C)CC2)/C=C\[C@@H]1C. The van der Waals surface area contributed by atoms with E-state index in [0.717, 1.165) is 13.1 Å². The zero-order valence-corrected chi connectivity index (χ0v) is 24.3. The van der Waals surface area contributed by atoms with Crippen molar-refractivity contribution in [3.63, 3.8) is 0 Å². The van der Waals surface area contributed by atoms with E-state index in [0.29, 0.717) is 42.8 Å². The van der Waals surface area contributed by atoms with Gasteiger partial charge >= 0.3 is 12.1 Å². The fourth-order valence-electron chi connectivity index (χ4n) is 5.21. The molecule has 4 rings (SSSR count). The van der Waals surface area contributed by atoms with Crippen molar-refractivity contribution < 1.29 is 28.6 Å². The molecule has 0 radical (unpaired) electrons. The highest BCUT2D eigenvalue weighted by Gasteiger charge is 2.29. The van der Waals surface area contributed by atoms with Crippen LogP contribution in [0.4, 0.5) is 9.18 Å². The normalized spacial score (nSPS) is 27.9. The fraction of sp³-hybridized carbons (Fsp3) is 0.516. The predicted molar refractivity (Wildman–Crippen MR) is 154 cm³/mol. The van der Waals surface area contributed by atoms with Gasteiger partial charge in [0, 0.05) is 50.2 Å². The molecule has 1 fully saturated rings. The van der Waals surface area contributed by atoms with Gasteiger partial charge < -0.3 is 28.9 Å². The average molecular weight is 569 g/mol. The highest BCUT2D eigenvalue weighted by atomic mass is 19.1. The lowest BCUT2D eigenvalue weighted by Gasteiger charge is -2.33. The largest absolute Gasteiger partial charge is 0.457 e. The van der Waals surface area contributed by atoms with Crippen LogP contribution < -0.4 is 0 Å². The number of nitrogens with zero attached hydrogens (tertiary/aromatic N) is 4. The van der Waals surface area contributed by atoms with Crippen molar-refractivity contribution in [2.45, 2.75) is 58.3 Å². The molecule has 1 aromatic heterocycles. The van der Waals surface area contributed by atoms with Crippen LogP contribution in [0.25, 0.3) is 11.8 Å². The molecule has 0 unspecified atom stereocenters. The van der Waals surface area contributed by atoms with Crippen molar-refractivity contribution in [3.05, 3.63) is 66.0 Å². The number of esters is 1. The summed E-state index contributed by atoms with van der Waals surface area (Å²) in [6.07, 6.45) is 8.94. The fourth-order valence-corrected chi connectivity index (χ4v) is 5.21. The zero-order valence-electron chi connectivity index (χ0n) is 24.3. The summed E-state index contributed by atoms with van der Waals surface area (Å²) in [4.78, 5) is 33.7. The van der Waals surface area contributed by atoms with Crippen LogP contribution in [0.2, 0.25) is 0 Å². The number of carbonyl (C=O) groups excluding carboxylic acids is 2. The number of hydrogen-bond acceptors (Lipinski definition) is 7. The maximum Gasteiger partial charge on any atom is 0.410 e. The molecule has 1 N–H and O–H groups in total. The van der Waals surface area contributed by atoms with Crippen molar-refractivity contribution in [1.29, 1.82) is 0 Å². The molecule has 0 bridgehead atoms. The van der Waals surface area contributed by atoms with Gasteiger partial charge in [0.2, 0.25) is 0 Å². The third kappa shape index (κ3) is 8.50. The number of benzene rings is 1. The van der Waals surface area contributed by atoms with Gasteiger partial charge in [-0.25, -0.2) is 14.2 Å². The molecule has 10 heteroatoms. The minimum absolute atomic E-state index is 0.0658. The second-order valence-electron chi connectivity index (χ2n) is 11.3. The van der Waals surface area contributed by atoms with E-state index in [2.05, 4.69) is 9.88 Å². The van der Waals surface area contributed by atoms with Crippen LogP contribution in [0.1, 0.15) is 45.6 Å². The number of piperazine rings is 1. The molecule has 1 saturated heterocycles. The summed E-state index contributed by atoms with van der Waals surface area (Å²) in [6.45, 7) is 8.54. The maximum absolute atomic E-state index is 14.5. The number of likely N-dealkylation sites (N-methyl/N-ethyl adjacent to an activating group) is 1. The first-order valence-corrected chi connectivity index (χ1v) is 14.3. The lowest BCUT2D eigenvalue weighted by molar-refractivity contribution is -0.151. The maximum atomic E-state index is 14.5. The zero-order chi connectivity index (χ0) is 29.5. The molecule has 1 aromatic carbocycles. The number of ether oxygens (including phenoxy) is 2. The monoisotopic (exact) mass is 568 g/mol. The van der Waals surface area contributed by atoms with E-state index in [1.807, 2.05) is 46.0 Å². The Kier molecular flexibility index (Phi) is 10.3. The van der Waals surface area contributed by atoms with E-state index in [4.69, 9.17) is 9.47 Å². The molecule has 3 heterocycles. The van der Waals surface area contributed by atoms with E-state index in [-0.39, 0.29) is 24.3 Å². The van der Waals surface area contributed by atoms with Gasteiger partial charge in [-0.2, -0.15) is 0 Å². The number of cyclic esters (lactones) is 1. The highest BCUT2D eigenvalue weighted by molar-refractivity contribution is 5.71. The summed E-state index contributed by atoms with van der Waals surface area (Å²) in [5.41, 5.74) is 1.94. The van der Waals surface area contributed by atoms with Gasteiger partial charge in [0.05, 0.1) is 18.9 Å². The Morgan fingerprint density at radius 3 is 2.61 bits per heavy atom. The predicted octanol–water partition coefficient (Wildman–Crippen LogP) is 4.45. The molecule has 222 valence electrons. The van der Waals surface area contributed by atoms with Crippen LogP contribution in [0.3, 0.4) is 0 Å². The molecule has 0 saturated carbocycles. The number of aliphatic hydroxyl groups excluding tert-OH is 1. The van der Waals surface area contributed by atoms with Gasteiger partial charge in [0.1, 0.15) is 18.0 Å². The molecular weight excluding hydrogens is 527 g/mol. The number of aromatic nitrogens is 2. The van der Waals surface area contributed by atoms with Gasteiger partial charge in [-0.1, -0.05) is 26.0 Å². The Labute approximate surface area is 241 Å². The Morgan fingerprint density at radius 1 is 1.15 bits per heavy atom. The van der Waals surface area contributed by atoms with E-state index in [1.54, 1.807) is 34.3 Å². The first-order chi connectivity index (χ1) is 19.6. The standard InChI is InChI=1S/C31H41FN4O5/c1-21-5-7-27(37)19-29(38)41-30(22(2)6-8-28(21)40-31(39)35-13-11-34(4)12-14-35)23(3)15-24-16-25(32)18-26(17-24)36-10-9-33-20-36/h6,8-10,15-18,20-22,27-28,30,37H,5,7,11-14,19H2,1-4H3/b8-6-,23-15+/t21-,22-,27+,28-,30-/m0/s1. The smallest absolute Gasteiger partial charge is 0.410 e. The van der Waals surface area contributed by atoms with Crippen LogP contribution in [-0.4, -0.2) is 88.1 Å². The van der Waals surface area contributed by atoms with Gasteiger partial charge in [0.15, 0.2) is 0 Å². The first-order valence-electron chi connectivity index (χ1n) is 14.3. The Hall–Kier alpha value is -3.50. The average Bonchev–Trinajstić information content (AvgIpc) is 3.47. The highest BCUT2D eigenvalue weighted by Crippen LogP contribution is 2.26. The summed E-state index contributed by atoms with van der Waals surface area (Å²) in [5.74, 6) is -1.25. The lowest BCUT2D eigenvalue weighted by Crippen LogP contribution is -2.48. The number of hydrogen-bond donors (Lipinski definition) is 1. The van der Waals surface area contributed by atoms with Crippen molar-refractivity contribution >= 4 is 18.1 Å². The van der Waals surface area contributed by atoms with Gasteiger partial charge in [0.25, 0.3) is 0 Å². The minimum atomic E-state index is -0.872. The molecule has 1 amide bonds. The van der Waals surface area contributed by atoms with Gasteiger partial charge in [-0.05, 0) is 68.1 Å². The van der Waals surface area contributed by atoms with E-state index < -0.39 is 30.1 Å². The molecule has 41 heavy (non-hydrogen) atoms. The minimum Gasteiger partial charge on any atom is -0.457 e. The van der Waals surface area contributed by atoms with Crippen molar-refractivity contribution in [3.8, 4) is 5.69 Å². The molecular formula is C31H41FN4O5. The number of imidazole rings is 1. The third-order valence-corrected chi connectivity index (χ3v) is 7.81. The number of rotatable bonds is 4. The van der Waals surface area contributed by atoms with Crippen LogP contribution in [0.15, 0.2) is 54.6 Å². The molecule has 0 spiro atoms. The quantitative estimate of drug-likeness (QED) is 0.430. The van der Waals surface area contributed by atoms with E-state index in [9.17, 15) is 19.1 Å². The summed E-state index contributed by atoms with van der Waals surface area (Å²) < 4.78 is 28.1. The van der Waals surface area contributed by atoms with E-state index >= 15 is 0 Å². The number of aliphatic hydroxyl groups is 1. The summed E-state index contributed by atoms with van der Waals surface area (Å²) >= 11 is 0. The van der Waals surface area contributed by atoms with Crippen LogP contribution >= 0.6 is 0 Å². The Morgan fingerprint density at radius 2 is 1.90 bits per heavy atom. The Balaban J connectivity index is 1.58. The van der Waals surface area contributed by atoms with Crippen LogP contribution in [0, 0.1) is 17.7 Å². The molecule has 0 aliphatic carbocycles. The molecule has 2 aliphatic heterocycles. The molecule has 5 atom stereocenters. The van der Waals surface area contributed by atoms with Crippen LogP contribution in [-0.2, 0) is 14.3 Å². The number of halogens is 1. The van der Waals surface area contributed by atoms with E-state index in [1.165, 1.54) is 12.1 Å². The van der Waals surface area contributed by atoms with Crippen LogP contribution in [0.5, 0.6) is 0 Å². The number of amides is 1. The summed E-state index contributed by atoms with van der Waals surface area (Å²) in [5, 5.41) is 10.6. The molecule has 2 aromatic rings. The first kappa shape index (κ1) is 30.5. The molecule has 9 nitrogen and oxygen atoms in total. The van der Waals surface area contributed by atoms with Crippen molar-refractivity contribution in [1.82, 2.24) is 19.4 Å². The molecule has 2 aliphatic rings. The van der Waals surface area contributed by atoms with Gasteiger partial charge in [-0.3, -0.25) is 4.79 Å². The second-order valence-corrected chi connectivity index (χ2v) is 11.3. The lowest BCUT2D eigenvalue weighted by atomic mass is 9.91. The third-order valence-electron chi connectivity index (χ3n) is 7.81. The Bertz CT molecular complexity index is 1240. The summed E-state index contributed by atoms with van der Waals surface area (Å²) in [7, 11) is 2.03. The number of carbonyl (C=O) groups is 2. The topological polar surface area (TPSA) is 97.1 Å². The van der Waals surface area contributed by atoms with Gasteiger partial charge in [-0.15, -0.1) is 0 Å².